The van der Waals surface area contributed by atoms with Gasteiger partial charge in [-0.2, -0.15) is 13.2 Å². The van der Waals surface area contributed by atoms with Crippen LogP contribution >= 0.6 is 0 Å². The molecule has 184 valence electrons. The zero-order valence-corrected chi connectivity index (χ0v) is 19.2. The Balaban J connectivity index is 2.34. The van der Waals surface area contributed by atoms with Crippen LogP contribution in [0.3, 0.4) is 0 Å². The van der Waals surface area contributed by atoms with E-state index in [0.717, 1.165) is 11.9 Å². The number of carbonyl (C=O) groups is 2. The summed E-state index contributed by atoms with van der Waals surface area (Å²) in [5, 5.41) is 11.1. The van der Waals surface area contributed by atoms with Crippen molar-refractivity contribution in [3.8, 4) is 17.2 Å². The summed E-state index contributed by atoms with van der Waals surface area (Å²) in [6, 6.07) is 7.33. The van der Waals surface area contributed by atoms with E-state index in [1.165, 1.54) is 64.8 Å². The minimum atomic E-state index is -5.35. The summed E-state index contributed by atoms with van der Waals surface area (Å²) in [5.41, 5.74) is -3.77. The van der Waals surface area contributed by atoms with Gasteiger partial charge in [0.1, 0.15) is 5.92 Å². The maximum Gasteiger partial charge on any atom is 0.437 e. The van der Waals surface area contributed by atoms with Crippen LogP contribution in [0.5, 0.6) is 17.2 Å². The fourth-order valence-corrected chi connectivity index (χ4v) is 4.32. The number of ketones is 1. The summed E-state index contributed by atoms with van der Waals surface area (Å²) in [5.74, 6) is -2.75. The molecule has 2 aromatic rings. The van der Waals surface area contributed by atoms with Gasteiger partial charge in [-0.1, -0.05) is 30.3 Å². The molecular formula is C23H25F3N2O6. The molecule has 1 heterocycles. The number of hydrogen-bond acceptors (Lipinski definition) is 6. The molecule has 0 radical (unpaired) electrons. The van der Waals surface area contributed by atoms with E-state index in [1.807, 2.05) is 0 Å². The van der Waals surface area contributed by atoms with Gasteiger partial charge in [0, 0.05) is 19.7 Å². The molecule has 1 N–H and O–H groups in total. The third kappa shape index (κ3) is 3.79. The second-order valence-corrected chi connectivity index (χ2v) is 7.79. The number of ether oxygens (including phenoxy) is 3. The average molecular weight is 482 g/mol. The molecule has 0 saturated carbocycles. The Bertz CT molecular complexity index is 1050. The van der Waals surface area contributed by atoms with Crippen molar-refractivity contribution < 1.29 is 42.1 Å². The minimum absolute atomic E-state index is 0.0521. The first-order chi connectivity index (χ1) is 15.9. The quantitative estimate of drug-likeness (QED) is 0.635. The number of methoxy groups -OCH3 is 3. The lowest BCUT2D eigenvalue weighted by molar-refractivity contribution is -0.328. The summed E-state index contributed by atoms with van der Waals surface area (Å²) in [4.78, 5) is 27.6. The van der Waals surface area contributed by atoms with E-state index in [0.29, 0.717) is 0 Å². The van der Waals surface area contributed by atoms with Gasteiger partial charge < -0.3 is 24.2 Å². The van der Waals surface area contributed by atoms with Crippen LogP contribution in [0.4, 0.5) is 18.0 Å². The second kappa shape index (κ2) is 9.05. The predicted octanol–water partition coefficient (Wildman–Crippen LogP) is 3.50. The second-order valence-electron chi connectivity index (χ2n) is 7.79. The minimum Gasteiger partial charge on any atom is -0.493 e. The van der Waals surface area contributed by atoms with Crippen LogP contribution < -0.4 is 14.2 Å². The number of hydrogen-bond donors (Lipinski definition) is 1. The molecule has 3 atom stereocenters. The Hall–Kier alpha value is -3.47. The molecule has 2 aromatic carbocycles. The number of alkyl halides is 3. The van der Waals surface area contributed by atoms with Gasteiger partial charge in [0.05, 0.1) is 27.4 Å². The Labute approximate surface area is 194 Å². The Morgan fingerprint density at radius 3 is 1.97 bits per heavy atom. The van der Waals surface area contributed by atoms with Crippen LogP contribution in [-0.2, 0) is 0 Å². The molecule has 0 aliphatic carbocycles. The number of carbonyl (C=O) groups excluding carboxylic acids is 2. The summed E-state index contributed by atoms with van der Waals surface area (Å²) >= 11 is 0. The largest absolute Gasteiger partial charge is 0.493 e. The van der Waals surface area contributed by atoms with Gasteiger partial charge in [-0.05, 0) is 17.7 Å². The highest BCUT2D eigenvalue weighted by Gasteiger charge is 2.70. The lowest BCUT2D eigenvalue weighted by Crippen LogP contribution is -2.73. The summed E-state index contributed by atoms with van der Waals surface area (Å²) in [6.45, 7) is 0. The van der Waals surface area contributed by atoms with E-state index in [4.69, 9.17) is 14.2 Å². The predicted molar refractivity (Wildman–Crippen MR) is 115 cm³/mol. The number of urea groups is 1. The van der Waals surface area contributed by atoms with Gasteiger partial charge >= 0.3 is 12.2 Å². The van der Waals surface area contributed by atoms with Crippen LogP contribution in [0.25, 0.3) is 0 Å². The highest BCUT2D eigenvalue weighted by atomic mass is 19.4. The maximum atomic E-state index is 14.4. The van der Waals surface area contributed by atoms with Gasteiger partial charge in [0.2, 0.25) is 5.75 Å². The standard InChI is InChI=1S/C23H25F3N2O6/c1-27-18(14-11-15(32-3)20(34-5)16(12-14)33-4)17(19(29)13-9-7-6-8-10-13)22(31,23(24,25)26)28(2)21(27)30/h6-12,17-18,31H,1-5H3. The van der Waals surface area contributed by atoms with Crippen molar-refractivity contribution in [2.24, 2.45) is 5.92 Å². The summed E-state index contributed by atoms with van der Waals surface area (Å²) in [7, 11) is 6.07. The van der Waals surface area contributed by atoms with Gasteiger partial charge in [0.15, 0.2) is 17.3 Å². The number of amides is 2. The fraction of sp³-hybridized carbons (Fsp3) is 0.391. The number of aliphatic hydroxyl groups is 1. The molecular weight excluding hydrogens is 457 g/mol. The van der Waals surface area contributed by atoms with E-state index in [2.05, 4.69) is 0 Å². The summed E-state index contributed by atoms with van der Waals surface area (Å²) < 4.78 is 59.1. The molecule has 34 heavy (non-hydrogen) atoms. The molecule has 11 heteroatoms. The molecule has 8 nitrogen and oxygen atoms in total. The molecule has 0 bridgehead atoms. The van der Waals surface area contributed by atoms with Crippen molar-refractivity contribution >= 4 is 11.8 Å². The molecule has 0 aromatic heterocycles. The number of Topliss-reactive ketones (excluding diaryl/α,β-unsaturated/α-hetero) is 1. The molecule has 1 fully saturated rings. The van der Waals surface area contributed by atoms with Crippen LogP contribution in [0, 0.1) is 5.92 Å². The van der Waals surface area contributed by atoms with Crippen molar-refractivity contribution in [3.05, 3.63) is 53.6 Å². The average Bonchev–Trinajstić information content (AvgIpc) is 2.83. The first-order valence-corrected chi connectivity index (χ1v) is 10.1. The number of nitrogens with zero attached hydrogens (tertiary/aromatic N) is 2. The molecule has 1 aliphatic heterocycles. The van der Waals surface area contributed by atoms with Gasteiger partial charge in [-0.3, -0.25) is 9.69 Å². The SMILES string of the molecule is COc1cc(C2C(C(=O)c3ccccc3)C(O)(C(F)(F)F)N(C)C(=O)N2C)cc(OC)c1OC. The molecule has 3 rings (SSSR count). The highest BCUT2D eigenvalue weighted by Crippen LogP contribution is 2.52. The van der Waals surface area contributed by atoms with Crippen molar-refractivity contribution in [3.63, 3.8) is 0 Å². The first kappa shape index (κ1) is 25.2. The lowest BCUT2D eigenvalue weighted by atomic mass is 9.75. The van der Waals surface area contributed by atoms with Crippen molar-refractivity contribution in [2.75, 3.05) is 35.4 Å². The van der Waals surface area contributed by atoms with Crippen molar-refractivity contribution in [1.29, 1.82) is 0 Å². The van der Waals surface area contributed by atoms with Crippen LogP contribution in [-0.4, -0.2) is 74.0 Å². The van der Waals surface area contributed by atoms with E-state index in [1.54, 1.807) is 6.07 Å². The van der Waals surface area contributed by atoms with Crippen molar-refractivity contribution in [1.82, 2.24) is 9.80 Å². The third-order valence-electron chi connectivity index (χ3n) is 6.05. The van der Waals surface area contributed by atoms with Crippen molar-refractivity contribution in [2.45, 2.75) is 17.9 Å². The van der Waals surface area contributed by atoms with E-state index < -0.39 is 35.7 Å². The fourth-order valence-electron chi connectivity index (χ4n) is 4.32. The van der Waals surface area contributed by atoms with Gasteiger partial charge in [-0.15, -0.1) is 0 Å². The maximum absolute atomic E-state index is 14.4. The van der Waals surface area contributed by atoms with Gasteiger partial charge in [0.25, 0.3) is 5.72 Å². The Morgan fingerprint density at radius 1 is 1.00 bits per heavy atom. The molecule has 3 unspecified atom stereocenters. The molecule has 1 saturated heterocycles. The molecule has 2 amide bonds. The zero-order valence-electron chi connectivity index (χ0n) is 19.2. The lowest BCUT2D eigenvalue weighted by Gasteiger charge is -2.53. The monoisotopic (exact) mass is 482 g/mol. The normalized spacial score (nSPS) is 23.0. The van der Waals surface area contributed by atoms with E-state index >= 15 is 0 Å². The molecule has 1 aliphatic rings. The summed E-state index contributed by atoms with van der Waals surface area (Å²) in [6.07, 6.45) is -5.35. The Morgan fingerprint density at radius 2 is 1.53 bits per heavy atom. The topological polar surface area (TPSA) is 88.5 Å². The Kier molecular flexibility index (Phi) is 6.70. The number of rotatable bonds is 6. The van der Waals surface area contributed by atoms with Crippen LogP contribution in [0.2, 0.25) is 0 Å². The van der Waals surface area contributed by atoms with Crippen LogP contribution in [0.15, 0.2) is 42.5 Å². The third-order valence-corrected chi connectivity index (χ3v) is 6.05. The first-order valence-electron chi connectivity index (χ1n) is 10.1. The number of halogens is 3. The molecule has 0 spiro atoms. The van der Waals surface area contributed by atoms with E-state index in [-0.39, 0.29) is 33.3 Å². The highest BCUT2D eigenvalue weighted by molar-refractivity contribution is 6.00. The zero-order chi connectivity index (χ0) is 25.4. The number of benzene rings is 2. The van der Waals surface area contributed by atoms with Gasteiger partial charge in [-0.25, -0.2) is 4.79 Å². The van der Waals surface area contributed by atoms with E-state index in [9.17, 15) is 27.9 Å². The van der Waals surface area contributed by atoms with Crippen LogP contribution in [0.1, 0.15) is 22.0 Å². The smallest absolute Gasteiger partial charge is 0.437 e.